The molecule has 1 aromatic carbocycles. The zero-order chi connectivity index (χ0) is 20.6. The maximum atomic E-state index is 12.2. The molecule has 28 heavy (non-hydrogen) atoms. The van der Waals surface area contributed by atoms with Gasteiger partial charge in [0.05, 0.1) is 11.4 Å². The predicted octanol–water partition coefficient (Wildman–Crippen LogP) is 3.83. The number of ether oxygens (including phenoxy) is 1. The molecule has 1 aliphatic carbocycles. The van der Waals surface area contributed by atoms with Crippen LogP contribution in [-0.2, 0) is 14.3 Å². The van der Waals surface area contributed by atoms with E-state index in [0.717, 1.165) is 12.8 Å². The summed E-state index contributed by atoms with van der Waals surface area (Å²) in [6.45, 7) is 4.99. The fraction of sp³-hybridized carbons (Fsp3) is 0.476. The Morgan fingerprint density at radius 3 is 2.29 bits per heavy atom. The van der Waals surface area contributed by atoms with E-state index in [2.05, 4.69) is 16.0 Å². The van der Waals surface area contributed by atoms with Crippen LogP contribution in [-0.4, -0.2) is 30.1 Å². The van der Waals surface area contributed by atoms with Crippen molar-refractivity contribution in [2.24, 2.45) is 5.92 Å². The fourth-order valence-corrected chi connectivity index (χ4v) is 2.91. The van der Waals surface area contributed by atoms with Crippen molar-refractivity contribution < 1.29 is 19.1 Å². The van der Waals surface area contributed by atoms with Crippen LogP contribution < -0.4 is 16.0 Å². The fourth-order valence-electron chi connectivity index (χ4n) is 2.91. The number of amides is 3. The number of carbonyl (C=O) groups is 3. The van der Waals surface area contributed by atoms with Gasteiger partial charge < -0.3 is 20.7 Å². The number of benzene rings is 1. The molecule has 1 aliphatic rings. The Labute approximate surface area is 165 Å². The van der Waals surface area contributed by atoms with E-state index in [9.17, 15) is 14.4 Å². The minimum absolute atomic E-state index is 0.236. The Balaban J connectivity index is 1.87. The van der Waals surface area contributed by atoms with E-state index in [1.54, 1.807) is 51.1 Å². The molecule has 0 bridgehead atoms. The van der Waals surface area contributed by atoms with Crippen LogP contribution in [0, 0.1) is 5.92 Å². The molecule has 2 rings (SSSR count). The summed E-state index contributed by atoms with van der Waals surface area (Å²) in [5.41, 5.74) is 0.319. The lowest BCUT2D eigenvalue weighted by molar-refractivity contribution is -0.115. The highest BCUT2D eigenvalue weighted by Crippen LogP contribution is 2.26. The summed E-state index contributed by atoms with van der Waals surface area (Å²) in [5.74, 6) is -0.186. The lowest BCUT2D eigenvalue weighted by Crippen LogP contribution is -2.37. The summed E-state index contributed by atoms with van der Waals surface area (Å²) in [5, 5.41) is 7.87. The molecule has 0 unspecified atom stereocenters. The third-order valence-corrected chi connectivity index (χ3v) is 4.17. The molecule has 0 radical (unpaired) electrons. The van der Waals surface area contributed by atoms with E-state index in [1.807, 2.05) is 6.08 Å². The van der Waals surface area contributed by atoms with Crippen LogP contribution in [0.3, 0.4) is 0 Å². The van der Waals surface area contributed by atoms with E-state index in [-0.39, 0.29) is 12.5 Å². The number of hydrogen-bond acceptors (Lipinski definition) is 4. The van der Waals surface area contributed by atoms with E-state index in [1.165, 1.54) is 12.8 Å². The van der Waals surface area contributed by atoms with Crippen molar-refractivity contribution in [3.63, 3.8) is 0 Å². The van der Waals surface area contributed by atoms with Gasteiger partial charge in [-0.1, -0.05) is 31.1 Å². The quantitative estimate of drug-likeness (QED) is 0.646. The van der Waals surface area contributed by atoms with E-state index in [4.69, 9.17) is 4.74 Å². The van der Waals surface area contributed by atoms with Crippen molar-refractivity contribution in [2.45, 2.75) is 52.1 Å². The molecule has 7 nitrogen and oxygen atoms in total. The maximum Gasteiger partial charge on any atom is 0.408 e. The predicted molar refractivity (Wildman–Crippen MR) is 109 cm³/mol. The van der Waals surface area contributed by atoms with E-state index in [0.29, 0.717) is 17.3 Å². The average molecular weight is 387 g/mol. The summed E-state index contributed by atoms with van der Waals surface area (Å²) in [7, 11) is 0. The monoisotopic (exact) mass is 387 g/mol. The molecule has 0 spiro atoms. The summed E-state index contributed by atoms with van der Waals surface area (Å²) >= 11 is 0. The van der Waals surface area contributed by atoms with Gasteiger partial charge in [-0.3, -0.25) is 9.59 Å². The van der Waals surface area contributed by atoms with Gasteiger partial charge in [0.15, 0.2) is 0 Å². The zero-order valence-electron chi connectivity index (χ0n) is 16.7. The Hall–Kier alpha value is -2.83. The summed E-state index contributed by atoms with van der Waals surface area (Å²) in [6.07, 6.45) is 7.52. The Morgan fingerprint density at radius 2 is 1.68 bits per heavy atom. The molecule has 3 N–H and O–H groups in total. The van der Waals surface area contributed by atoms with Crippen molar-refractivity contribution in [2.75, 3.05) is 17.2 Å². The summed E-state index contributed by atoms with van der Waals surface area (Å²) in [4.78, 5) is 35.9. The summed E-state index contributed by atoms with van der Waals surface area (Å²) < 4.78 is 5.09. The van der Waals surface area contributed by atoms with Gasteiger partial charge in [-0.2, -0.15) is 0 Å². The number of anilines is 2. The molecule has 0 aromatic heterocycles. The SMILES string of the molecule is CC(C)(C)OC(=O)NCC(=O)Nc1ccccc1NC(=O)/C=C/C1CCCC1. The van der Waals surface area contributed by atoms with Crippen molar-refractivity contribution in [1.82, 2.24) is 5.32 Å². The minimum Gasteiger partial charge on any atom is -0.444 e. The second-order valence-corrected chi connectivity index (χ2v) is 7.84. The van der Waals surface area contributed by atoms with Crippen LogP contribution in [0.1, 0.15) is 46.5 Å². The van der Waals surface area contributed by atoms with Crippen LogP contribution >= 0.6 is 0 Å². The highest BCUT2D eigenvalue weighted by molar-refractivity contribution is 6.04. The van der Waals surface area contributed by atoms with Gasteiger partial charge in [-0.15, -0.1) is 0 Å². The number of para-hydroxylation sites is 2. The molecule has 1 fully saturated rings. The van der Waals surface area contributed by atoms with Crippen molar-refractivity contribution in [3.8, 4) is 0 Å². The van der Waals surface area contributed by atoms with Gasteiger partial charge in [0.25, 0.3) is 0 Å². The number of allylic oxidation sites excluding steroid dienone is 1. The van der Waals surface area contributed by atoms with Crippen molar-refractivity contribution in [3.05, 3.63) is 36.4 Å². The van der Waals surface area contributed by atoms with Gasteiger partial charge >= 0.3 is 6.09 Å². The van der Waals surface area contributed by atoms with Crippen molar-refractivity contribution in [1.29, 1.82) is 0 Å². The van der Waals surface area contributed by atoms with Gasteiger partial charge in [0.1, 0.15) is 12.1 Å². The largest absolute Gasteiger partial charge is 0.444 e. The Morgan fingerprint density at radius 1 is 1.07 bits per heavy atom. The van der Waals surface area contributed by atoms with Gasteiger partial charge in [-0.25, -0.2) is 4.79 Å². The first-order valence-corrected chi connectivity index (χ1v) is 9.58. The van der Waals surface area contributed by atoms with E-state index >= 15 is 0 Å². The standard InChI is InChI=1S/C21H29N3O4/c1-21(2,3)28-20(27)22-14-19(26)24-17-11-7-6-10-16(17)23-18(25)13-12-15-8-4-5-9-15/h6-7,10-13,15H,4-5,8-9,14H2,1-3H3,(H,22,27)(H,23,25)(H,24,26)/b13-12+. The first-order chi connectivity index (χ1) is 13.2. The molecule has 3 amide bonds. The molecule has 0 heterocycles. The second-order valence-electron chi connectivity index (χ2n) is 7.84. The molecule has 152 valence electrons. The number of rotatable bonds is 6. The molecule has 0 atom stereocenters. The lowest BCUT2D eigenvalue weighted by Gasteiger charge is -2.19. The molecular formula is C21H29N3O4. The highest BCUT2D eigenvalue weighted by atomic mass is 16.6. The molecule has 0 aliphatic heterocycles. The summed E-state index contributed by atoms with van der Waals surface area (Å²) in [6, 6.07) is 6.91. The third kappa shape index (κ3) is 7.82. The normalized spacial score (nSPS) is 14.7. The maximum absolute atomic E-state index is 12.2. The molecule has 1 saturated carbocycles. The third-order valence-electron chi connectivity index (χ3n) is 4.17. The Kier molecular flexibility index (Phi) is 7.61. The van der Waals surface area contributed by atoms with Crippen molar-refractivity contribution >= 4 is 29.3 Å². The number of carbonyl (C=O) groups excluding carboxylic acids is 3. The number of alkyl carbamates (subject to hydrolysis) is 1. The van der Waals surface area contributed by atoms with Crippen LogP contribution in [0.5, 0.6) is 0 Å². The minimum atomic E-state index is -0.665. The number of hydrogen-bond donors (Lipinski definition) is 3. The zero-order valence-corrected chi connectivity index (χ0v) is 16.7. The van der Waals surface area contributed by atoms with Crippen LogP contribution in [0.25, 0.3) is 0 Å². The lowest BCUT2D eigenvalue weighted by atomic mass is 10.1. The molecule has 1 aromatic rings. The Bertz CT molecular complexity index is 731. The van der Waals surface area contributed by atoms with Gasteiger partial charge in [-0.05, 0) is 57.7 Å². The number of nitrogens with one attached hydrogen (secondary N) is 3. The van der Waals surface area contributed by atoms with Crippen LogP contribution in [0.15, 0.2) is 36.4 Å². The first-order valence-electron chi connectivity index (χ1n) is 9.58. The smallest absolute Gasteiger partial charge is 0.408 e. The molecule has 7 heteroatoms. The molecule has 0 saturated heterocycles. The second kappa shape index (κ2) is 9.92. The highest BCUT2D eigenvalue weighted by Gasteiger charge is 2.17. The van der Waals surface area contributed by atoms with Gasteiger partial charge in [0.2, 0.25) is 11.8 Å². The van der Waals surface area contributed by atoms with Crippen LogP contribution in [0.4, 0.5) is 16.2 Å². The first kappa shape index (κ1) is 21.5. The average Bonchev–Trinajstić information content (AvgIpc) is 3.12. The van der Waals surface area contributed by atoms with E-state index < -0.39 is 17.6 Å². The molecular weight excluding hydrogens is 358 g/mol. The topological polar surface area (TPSA) is 96.5 Å². The van der Waals surface area contributed by atoms with Gasteiger partial charge in [0, 0.05) is 0 Å². The van der Waals surface area contributed by atoms with Crippen LogP contribution in [0.2, 0.25) is 0 Å².